The normalized spacial score (nSPS) is 15.2. The van der Waals surface area contributed by atoms with Crippen molar-refractivity contribution in [2.45, 2.75) is 0 Å². The van der Waals surface area contributed by atoms with Gasteiger partial charge in [0.05, 0.1) is 27.4 Å². The van der Waals surface area contributed by atoms with Crippen LogP contribution in [0.2, 0.25) is 0 Å². The van der Waals surface area contributed by atoms with Crippen LogP contribution in [0.5, 0.6) is 0 Å². The van der Waals surface area contributed by atoms with Crippen LogP contribution in [0.1, 0.15) is 0 Å². The first-order chi connectivity index (χ1) is 11.2. The Labute approximate surface area is 140 Å². The van der Waals surface area contributed by atoms with Gasteiger partial charge in [-0.2, -0.15) is 0 Å². The first-order valence-corrected chi connectivity index (χ1v) is 8.56. The summed E-state index contributed by atoms with van der Waals surface area (Å²) >= 11 is 4.94. The van der Waals surface area contributed by atoms with Crippen molar-refractivity contribution in [3.05, 3.63) is 50.2 Å². The van der Waals surface area contributed by atoms with Crippen LogP contribution in [0.15, 0.2) is 30.0 Å². The maximum Gasteiger partial charge on any atom is 0.300 e. The van der Waals surface area contributed by atoms with Crippen LogP contribution in [0.4, 0.5) is 17.1 Å². The number of non-ortho nitro benzene ring substituents is 1. The van der Waals surface area contributed by atoms with E-state index in [1.807, 2.05) is 0 Å². The van der Waals surface area contributed by atoms with Crippen LogP contribution in [-0.4, -0.2) is 34.9 Å². The van der Waals surface area contributed by atoms with E-state index in [1.54, 1.807) is 0 Å². The molecule has 0 radical (unpaired) electrons. The lowest BCUT2D eigenvalue weighted by molar-refractivity contribution is -0.393. The number of sulfone groups is 1. The van der Waals surface area contributed by atoms with Gasteiger partial charge in [-0.25, -0.2) is 8.42 Å². The van der Waals surface area contributed by atoms with Crippen molar-refractivity contribution in [3.63, 3.8) is 0 Å². The summed E-state index contributed by atoms with van der Waals surface area (Å²) in [5.74, 6) is -0.258. The van der Waals surface area contributed by atoms with Gasteiger partial charge in [-0.05, 0) is 24.4 Å². The number of nitro groups is 2. The van der Waals surface area contributed by atoms with Crippen LogP contribution in [0.25, 0.3) is 0 Å². The number of hydrogen-bond donors (Lipinski definition) is 3. The third kappa shape index (κ3) is 4.36. The molecule has 0 unspecified atom stereocenters. The van der Waals surface area contributed by atoms with Crippen molar-refractivity contribution in [2.75, 3.05) is 16.9 Å². The number of nitrogens with one attached hydrogen (secondary N) is 3. The Morgan fingerprint density at radius 2 is 1.92 bits per heavy atom. The molecule has 0 atom stereocenters. The van der Waals surface area contributed by atoms with Gasteiger partial charge in [-0.15, -0.1) is 0 Å². The molecule has 3 N–H and O–H groups in total. The minimum Gasteiger partial charge on any atom is -0.334 e. The summed E-state index contributed by atoms with van der Waals surface area (Å²) in [7, 11) is -3.16. The van der Waals surface area contributed by atoms with Crippen molar-refractivity contribution in [1.29, 1.82) is 0 Å². The molecule has 0 bridgehead atoms. The van der Waals surface area contributed by atoms with Crippen molar-refractivity contribution >= 4 is 44.2 Å². The number of rotatable bonds is 5. The van der Waals surface area contributed by atoms with Crippen LogP contribution in [0, 0.1) is 20.2 Å². The Morgan fingerprint density at radius 1 is 1.21 bits per heavy atom. The van der Waals surface area contributed by atoms with Gasteiger partial charge in [0, 0.05) is 11.8 Å². The summed E-state index contributed by atoms with van der Waals surface area (Å²) in [6, 6.07) is 3.07. The van der Waals surface area contributed by atoms with Gasteiger partial charge in [0.2, 0.25) is 0 Å². The van der Waals surface area contributed by atoms with E-state index in [0.29, 0.717) is 5.70 Å². The molecule has 2 rings (SSSR count). The van der Waals surface area contributed by atoms with E-state index >= 15 is 0 Å². The van der Waals surface area contributed by atoms with Crippen LogP contribution >= 0.6 is 12.2 Å². The lowest BCUT2D eigenvalue weighted by Gasteiger charge is -2.12. The van der Waals surface area contributed by atoms with Gasteiger partial charge in [-0.3, -0.25) is 31.1 Å². The molecule has 128 valence electrons. The van der Waals surface area contributed by atoms with Gasteiger partial charge in [0.15, 0.2) is 14.9 Å². The molecule has 1 aromatic rings. The molecule has 1 aliphatic rings. The molecule has 24 heavy (non-hydrogen) atoms. The predicted molar refractivity (Wildman–Crippen MR) is 89.0 cm³/mol. The van der Waals surface area contributed by atoms with Gasteiger partial charge >= 0.3 is 5.69 Å². The topological polar surface area (TPSA) is 157 Å². The second-order valence-electron chi connectivity index (χ2n) is 4.70. The lowest BCUT2D eigenvalue weighted by Crippen LogP contribution is -2.39. The Kier molecular flexibility index (Phi) is 4.94. The Balaban J connectivity index is 2.02. The van der Waals surface area contributed by atoms with Crippen molar-refractivity contribution < 1.29 is 18.3 Å². The fraction of sp³-hybridized carbons (Fsp3) is 0.182. The zero-order chi connectivity index (χ0) is 17.9. The van der Waals surface area contributed by atoms with E-state index in [1.165, 1.54) is 6.08 Å². The Hall–Kier alpha value is -2.80. The zero-order valence-electron chi connectivity index (χ0n) is 11.9. The van der Waals surface area contributed by atoms with E-state index in [4.69, 9.17) is 12.2 Å². The molecular formula is C11H11N5O6S2. The minimum atomic E-state index is -3.16. The first-order valence-electron chi connectivity index (χ1n) is 6.33. The quantitative estimate of drug-likeness (QED) is 0.379. The summed E-state index contributed by atoms with van der Waals surface area (Å²) < 4.78 is 22.6. The third-order valence-corrected chi connectivity index (χ3v) is 4.56. The molecule has 0 fully saturated rings. The number of hydrazine groups is 1. The average molecular weight is 373 g/mol. The van der Waals surface area contributed by atoms with Crippen LogP contribution < -0.4 is 16.2 Å². The highest BCUT2D eigenvalue weighted by Gasteiger charge is 2.21. The molecule has 13 heteroatoms. The van der Waals surface area contributed by atoms with Crippen molar-refractivity contribution in [1.82, 2.24) is 10.7 Å². The summed E-state index contributed by atoms with van der Waals surface area (Å²) in [6.07, 6.45) is 1.47. The van der Waals surface area contributed by atoms with E-state index in [0.717, 1.165) is 18.2 Å². The predicted octanol–water partition coefficient (Wildman–Crippen LogP) is 0.606. The molecule has 11 nitrogen and oxygen atoms in total. The smallest absolute Gasteiger partial charge is 0.300 e. The lowest BCUT2D eigenvalue weighted by atomic mass is 10.2. The maximum atomic E-state index is 11.3. The summed E-state index contributed by atoms with van der Waals surface area (Å²) in [5, 5.41) is 24.3. The number of thiocarbonyl (C=S) groups is 1. The fourth-order valence-electron chi connectivity index (χ4n) is 1.86. The van der Waals surface area contributed by atoms with Crippen LogP contribution in [0.3, 0.4) is 0 Å². The minimum absolute atomic E-state index is 0.00833. The van der Waals surface area contributed by atoms with Gasteiger partial charge in [0.25, 0.3) is 5.69 Å². The van der Waals surface area contributed by atoms with Crippen molar-refractivity contribution in [2.24, 2.45) is 0 Å². The number of nitrogens with zero attached hydrogens (tertiary/aromatic N) is 2. The monoisotopic (exact) mass is 373 g/mol. The molecule has 1 aliphatic heterocycles. The molecule has 0 saturated carbocycles. The number of anilines is 1. The van der Waals surface area contributed by atoms with Gasteiger partial charge < -0.3 is 5.32 Å². The zero-order valence-corrected chi connectivity index (χ0v) is 13.5. The summed E-state index contributed by atoms with van der Waals surface area (Å²) in [5.41, 5.74) is 4.34. The van der Waals surface area contributed by atoms with Gasteiger partial charge in [0.1, 0.15) is 5.69 Å². The standard InChI is InChI=1S/C11H11N5O6S2/c17-15(18)8-1-2-9(10(5-8)16(19)20)13-14-11(23)12-7-3-4-24(21,22)6-7/h1-3,5,13H,4,6H2,(H2,12,14,23). The first kappa shape index (κ1) is 17.6. The number of nitro benzene ring substituents is 2. The molecular weight excluding hydrogens is 362 g/mol. The molecule has 0 aromatic heterocycles. The average Bonchev–Trinajstić information content (AvgIpc) is 2.83. The summed E-state index contributed by atoms with van der Waals surface area (Å²) in [4.78, 5) is 20.1. The summed E-state index contributed by atoms with van der Waals surface area (Å²) in [6.45, 7) is 0. The van der Waals surface area contributed by atoms with Crippen molar-refractivity contribution in [3.8, 4) is 0 Å². The van der Waals surface area contributed by atoms with E-state index < -0.39 is 31.1 Å². The molecule has 1 heterocycles. The number of benzene rings is 1. The second-order valence-corrected chi connectivity index (χ2v) is 7.22. The highest BCUT2D eigenvalue weighted by Crippen LogP contribution is 2.28. The molecule has 0 saturated heterocycles. The Bertz CT molecular complexity index is 850. The highest BCUT2D eigenvalue weighted by molar-refractivity contribution is 7.92. The molecule has 0 spiro atoms. The number of hydrogen-bond acceptors (Lipinski definition) is 8. The third-order valence-electron chi connectivity index (χ3n) is 2.93. The van der Waals surface area contributed by atoms with Crippen LogP contribution in [-0.2, 0) is 9.84 Å². The highest BCUT2D eigenvalue weighted by atomic mass is 32.2. The van der Waals surface area contributed by atoms with Gasteiger partial charge in [-0.1, -0.05) is 0 Å². The van der Waals surface area contributed by atoms with E-state index in [2.05, 4.69) is 16.2 Å². The van der Waals surface area contributed by atoms with E-state index in [-0.39, 0.29) is 22.3 Å². The van der Waals surface area contributed by atoms with E-state index in [9.17, 15) is 28.6 Å². The SMILES string of the molecule is O=[N+]([O-])c1ccc(NNC(=S)NC2=CCS(=O)(=O)C2)c([N+](=O)[O-])c1. The second kappa shape index (κ2) is 6.76. The maximum absolute atomic E-state index is 11.3. The fourth-order valence-corrected chi connectivity index (χ4v) is 3.28. The molecule has 0 aliphatic carbocycles. The molecule has 1 aromatic carbocycles. The Morgan fingerprint density at radius 3 is 2.46 bits per heavy atom. The largest absolute Gasteiger partial charge is 0.334 e. The molecule has 0 amide bonds.